The summed E-state index contributed by atoms with van der Waals surface area (Å²) in [4.78, 5) is 32.6. The average Bonchev–Trinajstić information content (AvgIpc) is 3.54. The van der Waals surface area contributed by atoms with Crippen LogP contribution in [-0.2, 0) is 17.8 Å². The lowest BCUT2D eigenvalue weighted by Gasteiger charge is -2.35. The fourth-order valence-corrected chi connectivity index (χ4v) is 6.12. The first kappa shape index (κ1) is 28.9. The zero-order chi connectivity index (χ0) is 31.1. The number of hydrogen-bond acceptors (Lipinski definition) is 9. The Morgan fingerprint density at radius 2 is 1.98 bits per heavy atom. The fourth-order valence-electron chi connectivity index (χ4n) is 5.92. The highest BCUT2D eigenvalue weighted by Crippen LogP contribution is 2.41. The quantitative estimate of drug-likeness (QED) is 0.234. The topological polar surface area (TPSA) is 113 Å². The number of hydrogen-bond donors (Lipinski definition) is 1. The second kappa shape index (κ2) is 11.9. The van der Waals surface area contributed by atoms with Crippen LogP contribution in [0.4, 0.5) is 10.2 Å². The number of halogens is 2. The second-order valence-electron chi connectivity index (χ2n) is 10.9. The van der Waals surface area contributed by atoms with Crippen LogP contribution in [-0.4, -0.2) is 80.1 Å². The Kier molecular flexibility index (Phi) is 7.68. The van der Waals surface area contributed by atoms with Gasteiger partial charge in [0.2, 0.25) is 11.8 Å². The van der Waals surface area contributed by atoms with E-state index in [1.165, 1.54) is 23.9 Å². The number of rotatable bonds is 7. The molecule has 0 saturated carbocycles. The predicted molar refractivity (Wildman–Crippen MR) is 169 cm³/mol. The van der Waals surface area contributed by atoms with Crippen LogP contribution in [0.25, 0.3) is 21.8 Å². The van der Waals surface area contributed by atoms with Crippen LogP contribution in [0.5, 0.6) is 23.4 Å². The molecule has 2 aliphatic rings. The van der Waals surface area contributed by atoms with Crippen LogP contribution in [0.2, 0.25) is 5.02 Å². The van der Waals surface area contributed by atoms with Gasteiger partial charge in [-0.25, -0.2) is 9.37 Å². The van der Waals surface area contributed by atoms with Gasteiger partial charge in [0.25, 0.3) is 0 Å². The molecule has 2 aliphatic heterocycles. The summed E-state index contributed by atoms with van der Waals surface area (Å²) in [6, 6.07) is 9.20. The van der Waals surface area contributed by atoms with Gasteiger partial charge in [0.05, 0.1) is 22.5 Å². The third-order valence-electron chi connectivity index (χ3n) is 8.35. The summed E-state index contributed by atoms with van der Waals surface area (Å²) >= 11 is 6.38. The number of nitrogens with one attached hydrogen (secondary N) is 1. The van der Waals surface area contributed by atoms with Gasteiger partial charge in [-0.3, -0.25) is 14.8 Å². The Hall–Kier alpha value is -4.81. The summed E-state index contributed by atoms with van der Waals surface area (Å²) in [5.74, 6) is 0.690. The molecule has 1 saturated heterocycles. The van der Waals surface area contributed by atoms with Gasteiger partial charge in [0.15, 0.2) is 5.75 Å². The van der Waals surface area contributed by atoms with E-state index < -0.39 is 5.82 Å². The maximum absolute atomic E-state index is 14.7. The van der Waals surface area contributed by atoms with Gasteiger partial charge in [0, 0.05) is 57.1 Å². The van der Waals surface area contributed by atoms with E-state index in [9.17, 15) is 9.18 Å². The number of pyridine rings is 1. The molecule has 230 valence electrons. The lowest BCUT2D eigenvalue weighted by atomic mass is 9.99. The van der Waals surface area contributed by atoms with Crippen molar-refractivity contribution in [3.63, 3.8) is 0 Å². The van der Waals surface area contributed by atoms with E-state index >= 15 is 0 Å². The van der Waals surface area contributed by atoms with Crippen LogP contribution in [0, 0.1) is 5.82 Å². The molecule has 0 spiro atoms. The molecule has 0 bridgehead atoms. The number of fused-ring (bicyclic) bond motifs is 3. The van der Waals surface area contributed by atoms with E-state index in [2.05, 4.69) is 44.6 Å². The zero-order valence-corrected chi connectivity index (χ0v) is 25.3. The van der Waals surface area contributed by atoms with Gasteiger partial charge in [0.1, 0.15) is 27.9 Å². The van der Waals surface area contributed by atoms with E-state index in [1.807, 2.05) is 12.1 Å². The van der Waals surface area contributed by atoms with Crippen LogP contribution < -0.4 is 14.4 Å². The molecule has 5 heterocycles. The summed E-state index contributed by atoms with van der Waals surface area (Å²) in [5, 5.41) is 7.71. The van der Waals surface area contributed by atoms with E-state index in [1.54, 1.807) is 17.2 Å². The number of nitrogens with zero attached hydrogens (tertiary/aromatic N) is 7. The van der Waals surface area contributed by atoms with Crippen molar-refractivity contribution in [3.05, 3.63) is 77.3 Å². The molecular formula is C32H30ClFN8O3. The predicted octanol–water partition coefficient (Wildman–Crippen LogP) is 5.49. The number of piperazine rings is 1. The summed E-state index contributed by atoms with van der Waals surface area (Å²) in [6.07, 6.45) is 5.26. The number of carbonyl (C=O) groups excluding carboxylic acids is 1. The molecule has 2 aromatic carbocycles. The van der Waals surface area contributed by atoms with Gasteiger partial charge in [-0.2, -0.15) is 15.1 Å². The third-order valence-corrected chi connectivity index (χ3v) is 8.70. The molecule has 13 heteroatoms. The monoisotopic (exact) mass is 628 g/mol. The molecule has 45 heavy (non-hydrogen) atoms. The number of anilines is 1. The van der Waals surface area contributed by atoms with Gasteiger partial charge in [-0.15, -0.1) is 0 Å². The Balaban J connectivity index is 1.32. The first-order valence-electron chi connectivity index (χ1n) is 14.8. The Labute approximate surface area is 263 Å². The number of aromatic amines is 1. The van der Waals surface area contributed by atoms with Gasteiger partial charge in [-0.1, -0.05) is 37.2 Å². The maximum Gasteiger partial charge on any atom is 0.324 e. The lowest BCUT2D eigenvalue weighted by Crippen LogP contribution is -2.48. The SMILES string of the molecule is C=CC(=O)N1CCN(c2nc(Oc3cccc4c3CCN(CC)C4)nc3c(Oc4c(Cl)c(F)cc5[nH]ncc45)nccc23)CC1. The zero-order valence-electron chi connectivity index (χ0n) is 24.6. The van der Waals surface area contributed by atoms with Crippen LogP contribution in [0.1, 0.15) is 18.1 Å². The Morgan fingerprint density at radius 1 is 1.13 bits per heavy atom. The maximum atomic E-state index is 14.7. The van der Waals surface area contributed by atoms with Gasteiger partial charge >= 0.3 is 6.01 Å². The standard InChI is InChI=1S/C32H30ClFN8O3/c1-3-26(43)41-12-14-42(15-13-41)30-21-8-10-35-31(45-29-22-17-36-39-24(22)16-23(34)27(29)33)28(21)37-32(38-30)44-25-7-5-6-19-18-40(4-2)11-9-20(19)25/h3,5-8,10,16-17H,1,4,9,11-15,18H2,2H3,(H,36,39). The minimum atomic E-state index is -0.662. The highest BCUT2D eigenvalue weighted by atomic mass is 35.5. The van der Waals surface area contributed by atoms with Crippen molar-refractivity contribution in [2.75, 3.05) is 44.2 Å². The number of benzene rings is 2. The van der Waals surface area contributed by atoms with Crippen molar-refractivity contribution in [3.8, 4) is 23.4 Å². The number of amides is 1. The number of likely N-dealkylation sites (N-methyl/N-ethyl adjacent to an activating group) is 1. The third kappa shape index (κ3) is 5.40. The molecule has 0 unspecified atom stereocenters. The van der Waals surface area contributed by atoms with Crippen molar-refractivity contribution in [1.82, 2.24) is 34.9 Å². The van der Waals surface area contributed by atoms with Crippen LogP contribution in [0.15, 0.2) is 55.4 Å². The highest BCUT2D eigenvalue weighted by molar-refractivity contribution is 6.33. The molecular weight excluding hydrogens is 599 g/mol. The van der Waals surface area contributed by atoms with E-state index in [4.69, 9.17) is 31.0 Å². The molecule has 7 rings (SSSR count). The molecule has 1 fully saturated rings. The summed E-state index contributed by atoms with van der Waals surface area (Å²) in [5.41, 5.74) is 3.12. The minimum Gasteiger partial charge on any atom is -0.434 e. The van der Waals surface area contributed by atoms with E-state index in [0.29, 0.717) is 59.6 Å². The van der Waals surface area contributed by atoms with Crippen molar-refractivity contribution < 1.29 is 18.7 Å². The molecule has 0 aliphatic carbocycles. The van der Waals surface area contributed by atoms with E-state index in [0.717, 1.165) is 31.6 Å². The molecule has 0 radical (unpaired) electrons. The molecule has 1 amide bonds. The van der Waals surface area contributed by atoms with Crippen LogP contribution >= 0.6 is 11.6 Å². The molecule has 3 aromatic heterocycles. The van der Waals surface area contributed by atoms with Gasteiger partial charge < -0.3 is 19.3 Å². The first-order chi connectivity index (χ1) is 21.9. The molecule has 1 N–H and O–H groups in total. The summed E-state index contributed by atoms with van der Waals surface area (Å²) in [7, 11) is 0. The second-order valence-corrected chi connectivity index (χ2v) is 11.3. The fraction of sp³-hybridized carbons (Fsp3) is 0.281. The minimum absolute atomic E-state index is 0.0669. The van der Waals surface area contributed by atoms with Crippen LogP contribution in [0.3, 0.4) is 0 Å². The van der Waals surface area contributed by atoms with Crippen molar-refractivity contribution in [2.45, 2.75) is 19.9 Å². The van der Waals surface area contributed by atoms with Gasteiger partial charge in [-0.05, 0) is 36.7 Å². The van der Waals surface area contributed by atoms with Crippen molar-refractivity contribution >= 4 is 45.1 Å². The van der Waals surface area contributed by atoms with Crippen molar-refractivity contribution in [1.29, 1.82) is 0 Å². The molecule has 11 nitrogen and oxygen atoms in total. The Bertz CT molecular complexity index is 1940. The van der Waals surface area contributed by atoms with E-state index in [-0.39, 0.29) is 28.6 Å². The first-order valence-corrected chi connectivity index (χ1v) is 15.1. The summed E-state index contributed by atoms with van der Waals surface area (Å²) < 4.78 is 27.4. The summed E-state index contributed by atoms with van der Waals surface area (Å²) in [6.45, 7) is 10.6. The Morgan fingerprint density at radius 3 is 2.78 bits per heavy atom. The number of ether oxygens (including phenoxy) is 2. The number of aromatic nitrogens is 5. The lowest BCUT2D eigenvalue weighted by molar-refractivity contribution is -0.126. The number of H-pyrrole nitrogens is 1. The average molecular weight is 629 g/mol. The van der Waals surface area contributed by atoms with Crippen molar-refractivity contribution in [2.24, 2.45) is 0 Å². The smallest absolute Gasteiger partial charge is 0.324 e. The molecule has 0 atom stereocenters. The largest absolute Gasteiger partial charge is 0.434 e. The number of carbonyl (C=O) groups is 1. The highest BCUT2D eigenvalue weighted by Gasteiger charge is 2.26. The molecule has 5 aromatic rings. The normalized spacial score (nSPS) is 15.4.